The molecule has 3 aliphatic rings. The average Bonchev–Trinajstić information content (AvgIpc) is 3.21. The van der Waals surface area contributed by atoms with E-state index in [-0.39, 0.29) is 12.1 Å². The summed E-state index contributed by atoms with van der Waals surface area (Å²) in [5, 5.41) is 3.31. The van der Waals surface area contributed by atoms with Gasteiger partial charge in [0.2, 0.25) is 0 Å². The number of rotatable bonds is 2. The first-order valence-electron chi connectivity index (χ1n) is 8.97. The number of urea groups is 1. The zero-order chi connectivity index (χ0) is 15.8. The van der Waals surface area contributed by atoms with Gasteiger partial charge in [-0.3, -0.25) is 4.90 Å². The maximum Gasteiger partial charge on any atom is 0.317 e. The SMILES string of the molecule is CN1[C@H]2CC[C@H]1CN(C(=O)N[C@@H]1CCC[C@H]1n1ccnc1)CC2. The molecule has 1 aliphatic carbocycles. The van der Waals surface area contributed by atoms with Gasteiger partial charge < -0.3 is 14.8 Å². The maximum absolute atomic E-state index is 12.8. The number of nitrogens with one attached hydrogen (secondary N) is 1. The van der Waals surface area contributed by atoms with Crippen molar-refractivity contribution in [2.45, 2.75) is 62.7 Å². The number of likely N-dealkylation sites (tertiary alicyclic amines) is 1. The van der Waals surface area contributed by atoms with E-state index in [2.05, 4.69) is 26.8 Å². The van der Waals surface area contributed by atoms with Crippen LogP contribution in [0.15, 0.2) is 18.7 Å². The van der Waals surface area contributed by atoms with Crippen LogP contribution >= 0.6 is 0 Å². The molecule has 126 valence electrons. The molecule has 0 unspecified atom stereocenters. The Morgan fingerprint density at radius 2 is 2.04 bits per heavy atom. The summed E-state index contributed by atoms with van der Waals surface area (Å²) in [5.74, 6) is 0. The number of nitrogens with zero attached hydrogens (tertiary/aromatic N) is 4. The number of amides is 2. The monoisotopic (exact) mass is 317 g/mol. The third-order valence-electron chi connectivity index (χ3n) is 6.13. The second kappa shape index (κ2) is 6.15. The van der Waals surface area contributed by atoms with Crippen molar-refractivity contribution in [2.75, 3.05) is 20.1 Å². The highest BCUT2D eigenvalue weighted by atomic mass is 16.2. The molecule has 0 spiro atoms. The van der Waals surface area contributed by atoms with Crippen LogP contribution < -0.4 is 5.32 Å². The van der Waals surface area contributed by atoms with Crippen molar-refractivity contribution in [1.82, 2.24) is 24.7 Å². The van der Waals surface area contributed by atoms with E-state index in [9.17, 15) is 4.79 Å². The number of hydrogen-bond donors (Lipinski definition) is 1. The molecule has 1 aromatic rings. The largest absolute Gasteiger partial charge is 0.333 e. The number of carbonyl (C=O) groups excluding carboxylic acids is 1. The third kappa shape index (κ3) is 2.84. The Labute approximate surface area is 137 Å². The lowest BCUT2D eigenvalue weighted by molar-refractivity contribution is 0.182. The number of fused-ring (bicyclic) bond motifs is 2. The van der Waals surface area contributed by atoms with E-state index in [1.165, 1.54) is 19.3 Å². The first-order chi connectivity index (χ1) is 11.2. The van der Waals surface area contributed by atoms with Crippen LogP contribution in [0.4, 0.5) is 4.79 Å². The molecule has 1 N–H and O–H groups in total. The van der Waals surface area contributed by atoms with Gasteiger partial charge in [0.15, 0.2) is 0 Å². The van der Waals surface area contributed by atoms with Crippen molar-refractivity contribution in [3.05, 3.63) is 18.7 Å². The van der Waals surface area contributed by atoms with Crippen LogP contribution in [0.25, 0.3) is 0 Å². The van der Waals surface area contributed by atoms with Crippen LogP contribution in [0.3, 0.4) is 0 Å². The molecule has 0 radical (unpaired) electrons. The number of likely N-dealkylation sites (N-methyl/N-ethyl adjacent to an activating group) is 1. The standard InChI is InChI=1S/C17H27N5O/c1-20-13-5-6-14(20)11-21(9-7-13)17(23)19-15-3-2-4-16(15)22-10-8-18-12-22/h8,10,12-16H,2-7,9,11H2,1H3,(H,19,23)/t13-,14-,15+,16+/m0/s1. The minimum atomic E-state index is 0.128. The molecule has 4 atom stereocenters. The smallest absolute Gasteiger partial charge is 0.317 e. The molecule has 2 bridgehead atoms. The van der Waals surface area contributed by atoms with Crippen molar-refractivity contribution >= 4 is 6.03 Å². The summed E-state index contributed by atoms with van der Waals surface area (Å²) >= 11 is 0. The maximum atomic E-state index is 12.8. The number of carbonyl (C=O) groups is 1. The second-order valence-corrected chi connectivity index (χ2v) is 7.35. The molecule has 23 heavy (non-hydrogen) atoms. The topological polar surface area (TPSA) is 53.4 Å². The molecular formula is C17H27N5O. The molecular weight excluding hydrogens is 290 g/mol. The van der Waals surface area contributed by atoms with E-state index in [0.29, 0.717) is 18.1 Å². The van der Waals surface area contributed by atoms with Gasteiger partial charge in [0.05, 0.1) is 18.4 Å². The summed E-state index contributed by atoms with van der Waals surface area (Å²) < 4.78 is 2.15. The molecule has 0 aromatic carbocycles. The first kappa shape index (κ1) is 15.0. The normalized spacial score (nSPS) is 34.6. The number of imidazole rings is 1. The lowest BCUT2D eigenvalue weighted by Gasteiger charge is -2.29. The Balaban J connectivity index is 1.39. The van der Waals surface area contributed by atoms with Gasteiger partial charge in [0.1, 0.15) is 0 Å². The fraction of sp³-hybridized carbons (Fsp3) is 0.765. The summed E-state index contributed by atoms with van der Waals surface area (Å²) in [5.41, 5.74) is 0. The van der Waals surface area contributed by atoms with Gasteiger partial charge in [-0.25, -0.2) is 9.78 Å². The molecule has 2 amide bonds. The predicted octanol–water partition coefficient (Wildman–Crippen LogP) is 1.85. The van der Waals surface area contributed by atoms with Crippen LogP contribution in [0.2, 0.25) is 0 Å². The van der Waals surface area contributed by atoms with Gasteiger partial charge in [-0.1, -0.05) is 0 Å². The summed E-state index contributed by atoms with van der Waals surface area (Å²) in [4.78, 5) is 21.5. The summed E-state index contributed by atoms with van der Waals surface area (Å²) in [6.45, 7) is 1.76. The van der Waals surface area contributed by atoms with Gasteiger partial charge in [0, 0.05) is 37.6 Å². The summed E-state index contributed by atoms with van der Waals surface area (Å²) in [6, 6.07) is 1.93. The van der Waals surface area contributed by atoms with E-state index in [0.717, 1.165) is 32.4 Å². The minimum Gasteiger partial charge on any atom is -0.333 e. The van der Waals surface area contributed by atoms with E-state index >= 15 is 0 Å². The number of hydrogen-bond acceptors (Lipinski definition) is 3. The zero-order valence-corrected chi connectivity index (χ0v) is 13.9. The minimum absolute atomic E-state index is 0.128. The van der Waals surface area contributed by atoms with Gasteiger partial charge in [-0.15, -0.1) is 0 Å². The van der Waals surface area contributed by atoms with E-state index in [4.69, 9.17) is 0 Å². The molecule has 4 rings (SSSR count). The van der Waals surface area contributed by atoms with Gasteiger partial charge in [-0.05, 0) is 45.6 Å². The van der Waals surface area contributed by atoms with Gasteiger partial charge >= 0.3 is 6.03 Å². The van der Waals surface area contributed by atoms with Crippen LogP contribution in [-0.2, 0) is 0 Å². The Morgan fingerprint density at radius 3 is 2.87 bits per heavy atom. The lowest BCUT2D eigenvalue weighted by atomic mass is 10.1. The van der Waals surface area contributed by atoms with Crippen molar-refractivity contribution < 1.29 is 4.79 Å². The molecule has 2 saturated heterocycles. The predicted molar refractivity (Wildman–Crippen MR) is 88.2 cm³/mol. The first-order valence-corrected chi connectivity index (χ1v) is 8.97. The molecule has 1 saturated carbocycles. The number of aromatic nitrogens is 2. The van der Waals surface area contributed by atoms with Gasteiger partial charge in [-0.2, -0.15) is 0 Å². The summed E-state index contributed by atoms with van der Waals surface area (Å²) in [6.07, 6.45) is 12.7. The molecule has 2 aliphatic heterocycles. The fourth-order valence-electron chi connectivity index (χ4n) is 4.67. The molecule has 1 aromatic heterocycles. The highest BCUT2D eigenvalue weighted by Crippen LogP contribution is 2.31. The average molecular weight is 317 g/mol. The highest BCUT2D eigenvalue weighted by molar-refractivity contribution is 5.74. The molecule has 3 heterocycles. The quantitative estimate of drug-likeness (QED) is 0.906. The Bertz CT molecular complexity index is 545. The molecule has 6 nitrogen and oxygen atoms in total. The lowest BCUT2D eigenvalue weighted by Crippen LogP contribution is -2.49. The van der Waals surface area contributed by atoms with Crippen molar-refractivity contribution in [1.29, 1.82) is 0 Å². The molecule has 3 fully saturated rings. The van der Waals surface area contributed by atoms with E-state index in [1.807, 2.05) is 23.6 Å². The van der Waals surface area contributed by atoms with E-state index < -0.39 is 0 Å². The Hall–Kier alpha value is -1.56. The third-order valence-corrected chi connectivity index (χ3v) is 6.13. The van der Waals surface area contributed by atoms with Crippen molar-refractivity contribution in [3.63, 3.8) is 0 Å². The van der Waals surface area contributed by atoms with Crippen molar-refractivity contribution in [3.8, 4) is 0 Å². The highest BCUT2D eigenvalue weighted by Gasteiger charge is 2.37. The second-order valence-electron chi connectivity index (χ2n) is 7.35. The van der Waals surface area contributed by atoms with Crippen LogP contribution in [0.5, 0.6) is 0 Å². The van der Waals surface area contributed by atoms with Crippen LogP contribution in [-0.4, -0.2) is 63.6 Å². The van der Waals surface area contributed by atoms with Gasteiger partial charge in [0.25, 0.3) is 0 Å². The van der Waals surface area contributed by atoms with Crippen molar-refractivity contribution in [2.24, 2.45) is 0 Å². The Morgan fingerprint density at radius 1 is 1.17 bits per heavy atom. The van der Waals surface area contributed by atoms with E-state index in [1.54, 1.807) is 0 Å². The summed E-state index contributed by atoms with van der Waals surface area (Å²) in [7, 11) is 2.22. The van der Waals surface area contributed by atoms with Crippen LogP contribution in [0.1, 0.15) is 44.6 Å². The fourth-order valence-corrected chi connectivity index (χ4v) is 4.67. The van der Waals surface area contributed by atoms with Crippen LogP contribution in [0, 0.1) is 0 Å². The zero-order valence-electron chi connectivity index (χ0n) is 13.9. The Kier molecular flexibility index (Phi) is 4.01. The molecule has 6 heteroatoms.